The van der Waals surface area contributed by atoms with E-state index in [1.807, 2.05) is 17.5 Å². The topological polar surface area (TPSA) is 111 Å². The molecule has 0 aliphatic carbocycles. The SMILES string of the molecule is NC(=O)C1CCN(C(=O)Cn2nc(C(=O)N3CCOCC3)cc2-c2cccs2)CC1. The zero-order chi connectivity index (χ0) is 21.1. The Morgan fingerprint density at radius 2 is 1.87 bits per heavy atom. The summed E-state index contributed by atoms with van der Waals surface area (Å²) in [5, 5.41) is 6.44. The third-order valence-electron chi connectivity index (χ3n) is 5.61. The van der Waals surface area contributed by atoms with Gasteiger partial charge in [0.05, 0.1) is 23.8 Å². The molecule has 30 heavy (non-hydrogen) atoms. The molecule has 0 bridgehead atoms. The molecule has 0 unspecified atom stereocenters. The van der Waals surface area contributed by atoms with Crippen molar-refractivity contribution in [3.63, 3.8) is 0 Å². The Hall–Kier alpha value is -2.72. The number of hydrogen-bond donors (Lipinski definition) is 1. The summed E-state index contributed by atoms with van der Waals surface area (Å²) in [4.78, 5) is 41.5. The molecule has 2 aliphatic rings. The summed E-state index contributed by atoms with van der Waals surface area (Å²) in [6, 6.07) is 5.64. The van der Waals surface area contributed by atoms with Gasteiger partial charge in [-0.05, 0) is 30.4 Å². The average Bonchev–Trinajstić information content (AvgIpc) is 3.44. The van der Waals surface area contributed by atoms with Crippen LogP contribution in [0.25, 0.3) is 10.6 Å². The summed E-state index contributed by atoms with van der Waals surface area (Å²) in [7, 11) is 0. The first-order valence-electron chi connectivity index (χ1n) is 10.1. The van der Waals surface area contributed by atoms with Crippen molar-refractivity contribution < 1.29 is 19.1 Å². The Balaban J connectivity index is 1.51. The zero-order valence-electron chi connectivity index (χ0n) is 16.7. The molecule has 2 fully saturated rings. The molecular formula is C20H25N5O4S. The van der Waals surface area contributed by atoms with Gasteiger partial charge in [-0.3, -0.25) is 19.1 Å². The highest BCUT2D eigenvalue weighted by Gasteiger charge is 2.28. The Bertz CT molecular complexity index is 912. The summed E-state index contributed by atoms with van der Waals surface area (Å²) >= 11 is 1.53. The van der Waals surface area contributed by atoms with E-state index in [0.717, 1.165) is 10.6 Å². The minimum Gasteiger partial charge on any atom is -0.378 e. The number of nitrogens with two attached hydrogens (primary N) is 1. The van der Waals surface area contributed by atoms with Gasteiger partial charge in [0.15, 0.2) is 5.69 Å². The number of carbonyl (C=O) groups is 3. The second kappa shape index (κ2) is 8.97. The van der Waals surface area contributed by atoms with Crippen molar-refractivity contribution in [3.05, 3.63) is 29.3 Å². The van der Waals surface area contributed by atoms with E-state index in [-0.39, 0.29) is 30.2 Å². The lowest BCUT2D eigenvalue weighted by Gasteiger charge is -2.30. The molecule has 2 aromatic heterocycles. The number of amides is 3. The molecule has 4 heterocycles. The maximum atomic E-state index is 12.9. The molecule has 2 aromatic rings. The molecule has 3 amide bonds. The van der Waals surface area contributed by atoms with Gasteiger partial charge in [-0.15, -0.1) is 11.3 Å². The van der Waals surface area contributed by atoms with E-state index in [4.69, 9.17) is 10.5 Å². The molecule has 10 heteroatoms. The normalized spacial score (nSPS) is 17.9. The van der Waals surface area contributed by atoms with Gasteiger partial charge in [-0.1, -0.05) is 6.07 Å². The molecule has 0 spiro atoms. The van der Waals surface area contributed by atoms with Gasteiger partial charge in [-0.2, -0.15) is 5.10 Å². The second-order valence-electron chi connectivity index (χ2n) is 7.51. The van der Waals surface area contributed by atoms with Crippen molar-refractivity contribution in [1.82, 2.24) is 19.6 Å². The summed E-state index contributed by atoms with van der Waals surface area (Å²) < 4.78 is 6.93. The number of aromatic nitrogens is 2. The number of morpholine rings is 1. The van der Waals surface area contributed by atoms with Gasteiger partial charge in [0.1, 0.15) is 6.54 Å². The Morgan fingerprint density at radius 3 is 2.50 bits per heavy atom. The highest BCUT2D eigenvalue weighted by Crippen LogP contribution is 2.26. The molecule has 0 saturated carbocycles. The van der Waals surface area contributed by atoms with Crippen LogP contribution in [0.5, 0.6) is 0 Å². The zero-order valence-corrected chi connectivity index (χ0v) is 17.5. The third-order valence-corrected chi connectivity index (χ3v) is 6.50. The van der Waals surface area contributed by atoms with Crippen LogP contribution in [0.3, 0.4) is 0 Å². The van der Waals surface area contributed by atoms with Crippen molar-refractivity contribution in [2.24, 2.45) is 11.7 Å². The van der Waals surface area contributed by atoms with E-state index < -0.39 is 0 Å². The summed E-state index contributed by atoms with van der Waals surface area (Å²) in [6.07, 6.45) is 1.16. The fraction of sp³-hybridized carbons (Fsp3) is 0.500. The van der Waals surface area contributed by atoms with Crippen LogP contribution in [0, 0.1) is 5.92 Å². The maximum Gasteiger partial charge on any atom is 0.274 e. The Kier molecular flexibility index (Phi) is 6.14. The Labute approximate surface area is 178 Å². The molecule has 2 N–H and O–H groups in total. The molecule has 160 valence electrons. The van der Waals surface area contributed by atoms with Crippen molar-refractivity contribution in [1.29, 1.82) is 0 Å². The molecule has 0 aromatic carbocycles. The summed E-state index contributed by atoms with van der Waals surface area (Å²) in [5.41, 5.74) is 6.47. The highest BCUT2D eigenvalue weighted by molar-refractivity contribution is 7.13. The minimum atomic E-state index is -0.305. The van der Waals surface area contributed by atoms with Crippen LogP contribution in [-0.2, 0) is 20.9 Å². The largest absolute Gasteiger partial charge is 0.378 e. The first-order chi connectivity index (χ1) is 14.5. The molecular weight excluding hydrogens is 406 g/mol. The molecule has 0 atom stereocenters. The second-order valence-corrected chi connectivity index (χ2v) is 8.46. The minimum absolute atomic E-state index is 0.0465. The number of hydrogen-bond acceptors (Lipinski definition) is 6. The van der Waals surface area contributed by atoms with E-state index in [0.29, 0.717) is 57.9 Å². The average molecular weight is 432 g/mol. The number of nitrogens with zero attached hydrogens (tertiary/aromatic N) is 4. The predicted molar refractivity (Wildman–Crippen MR) is 111 cm³/mol. The third kappa shape index (κ3) is 4.39. The van der Waals surface area contributed by atoms with Crippen LogP contribution in [0.15, 0.2) is 23.6 Å². The number of piperidine rings is 1. The van der Waals surface area contributed by atoms with Crippen molar-refractivity contribution in [2.45, 2.75) is 19.4 Å². The Morgan fingerprint density at radius 1 is 1.13 bits per heavy atom. The van der Waals surface area contributed by atoms with Gasteiger partial charge in [0.2, 0.25) is 11.8 Å². The van der Waals surface area contributed by atoms with E-state index in [1.54, 1.807) is 20.5 Å². The first-order valence-corrected chi connectivity index (χ1v) is 11.0. The summed E-state index contributed by atoms with van der Waals surface area (Å²) in [6.45, 7) is 3.16. The van der Waals surface area contributed by atoms with Crippen LogP contribution < -0.4 is 5.73 Å². The quantitative estimate of drug-likeness (QED) is 0.753. The lowest BCUT2D eigenvalue weighted by atomic mass is 9.96. The van der Waals surface area contributed by atoms with Crippen LogP contribution in [0.1, 0.15) is 23.3 Å². The maximum absolute atomic E-state index is 12.9. The highest BCUT2D eigenvalue weighted by atomic mass is 32.1. The van der Waals surface area contributed by atoms with Gasteiger partial charge in [-0.25, -0.2) is 0 Å². The summed E-state index contributed by atoms with van der Waals surface area (Å²) in [5.74, 6) is -0.702. The lowest BCUT2D eigenvalue weighted by molar-refractivity contribution is -0.135. The molecule has 0 radical (unpaired) electrons. The lowest BCUT2D eigenvalue weighted by Crippen LogP contribution is -2.43. The number of rotatable bonds is 5. The number of carbonyl (C=O) groups excluding carboxylic acids is 3. The standard InChI is InChI=1S/C20H25N5O4S/c21-19(27)14-3-5-23(6-4-14)18(26)13-25-16(17-2-1-11-30-17)12-15(22-25)20(28)24-7-9-29-10-8-24/h1-2,11-12,14H,3-10,13H2,(H2,21,27). The van der Waals surface area contributed by atoms with Crippen molar-refractivity contribution >= 4 is 29.1 Å². The smallest absolute Gasteiger partial charge is 0.274 e. The van der Waals surface area contributed by atoms with E-state index >= 15 is 0 Å². The molecule has 2 saturated heterocycles. The molecule has 9 nitrogen and oxygen atoms in total. The van der Waals surface area contributed by atoms with Gasteiger partial charge < -0.3 is 20.3 Å². The fourth-order valence-electron chi connectivity index (χ4n) is 3.83. The molecule has 4 rings (SSSR count). The number of thiophene rings is 1. The van der Waals surface area contributed by atoms with Crippen LogP contribution in [-0.4, -0.2) is 76.7 Å². The van der Waals surface area contributed by atoms with Crippen molar-refractivity contribution in [3.8, 4) is 10.6 Å². The van der Waals surface area contributed by atoms with Gasteiger partial charge >= 0.3 is 0 Å². The number of ether oxygens (including phenoxy) is 1. The fourth-order valence-corrected chi connectivity index (χ4v) is 4.58. The molecule has 2 aliphatic heterocycles. The monoisotopic (exact) mass is 431 g/mol. The van der Waals surface area contributed by atoms with E-state index in [2.05, 4.69) is 5.10 Å². The van der Waals surface area contributed by atoms with Gasteiger partial charge in [0, 0.05) is 32.1 Å². The number of likely N-dealkylation sites (tertiary alicyclic amines) is 1. The van der Waals surface area contributed by atoms with Crippen LogP contribution in [0.2, 0.25) is 0 Å². The number of primary amides is 1. The van der Waals surface area contributed by atoms with Crippen LogP contribution in [0.4, 0.5) is 0 Å². The van der Waals surface area contributed by atoms with E-state index in [9.17, 15) is 14.4 Å². The first kappa shape index (κ1) is 20.5. The van der Waals surface area contributed by atoms with Crippen LogP contribution >= 0.6 is 11.3 Å². The van der Waals surface area contributed by atoms with Gasteiger partial charge in [0.25, 0.3) is 5.91 Å². The van der Waals surface area contributed by atoms with Crippen molar-refractivity contribution in [2.75, 3.05) is 39.4 Å². The predicted octanol–water partition coefficient (Wildman–Crippen LogP) is 0.808. The van der Waals surface area contributed by atoms with E-state index in [1.165, 1.54) is 11.3 Å².